The predicted molar refractivity (Wildman–Crippen MR) is 62.2 cm³/mol. The maximum atomic E-state index is 5.97. The molecule has 0 bridgehead atoms. The summed E-state index contributed by atoms with van der Waals surface area (Å²) in [6, 6.07) is 5.34. The van der Waals surface area contributed by atoms with Crippen molar-refractivity contribution in [1.82, 2.24) is 0 Å². The highest BCUT2D eigenvalue weighted by Crippen LogP contribution is 2.28. The van der Waals surface area contributed by atoms with Crippen molar-refractivity contribution < 1.29 is 4.74 Å². The molecule has 0 aromatic heterocycles. The summed E-state index contributed by atoms with van der Waals surface area (Å²) in [5.74, 6) is 0.701. The Morgan fingerprint density at radius 3 is 2.60 bits per heavy atom. The number of benzene rings is 1. The Morgan fingerprint density at radius 2 is 2.13 bits per heavy atom. The number of hydrogen-bond acceptors (Lipinski definition) is 2. The predicted octanol–water partition coefficient (Wildman–Crippen LogP) is 1.68. The largest absolute Gasteiger partial charge is 0.495 e. The van der Waals surface area contributed by atoms with Crippen molar-refractivity contribution >= 4 is 17.6 Å². The molecule has 0 aliphatic carbocycles. The van der Waals surface area contributed by atoms with Crippen LogP contribution in [0.1, 0.15) is 18.5 Å². The summed E-state index contributed by atoms with van der Waals surface area (Å²) in [5, 5.41) is 0.549. The number of methoxy groups -OCH3 is 1. The zero-order chi connectivity index (χ0) is 11.4. The van der Waals surface area contributed by atoms with Crippen molar-refractivity contribution in [3.8, 4) is 5.75 Å². The van der Waals surface area contributed by atoms with E-state index in [1.807, 2.05) is 13.0 Å². The Kier molecular flexibility index (Phi) is 3.80. The maximum absolute atomic E-state index is 5.97. The molecule has 4 N–H and O–H groups in total. The minimum Gasteiger partial charge on any atom is -0.495 e. The Labute approximate surface area is 93.9 Å². The Bertz CT molecular complexity index is 375. The van der Waals surface area contributed by atoms with E-state index in [9.17, 15) is 0 Å². The molecule has 0 amide bonds. The fourth-order valence-electron chi connectivity index (χ4n) is 1.24. The van der Waals surface area contributed by atoms with Crippen molar-refractivity contribution in [2.45, 2.75) is 13.0 Å². The maximum Gasteiger partial charge on any atom is 0.186 e. The number of hydrogen-bond donors (Lipinski definition) is 2. The van der Waals surface area contributed by atoms with Crippen molar-refractivity contribution in [1.29, 1.82) is 0 Å². The third-order valence-corrected chi connectivity index (χ3v) is 2.30. The lowest BCUT2D eigenvalue weighted by Gasteiger charge is -2.09. The van der Waals surface area contributed by atoms with Gasteiger partial charge in [-0.05, 0) is 24.6 Å². The van der Waals surface area contributed by atoms with Crippen LogP contribution in [0.15, 0.2) is 23.2 Å². The first-order valence-corrected chi connectivity index (χ1v) is 4.84. The summed E-state index contributed by atoms with van der Waals surface area (Å²) in [6.07, 6.45) is 0. The van der Waals surface area contributed by atoms with Gasteiger partial charge in [0.05, 0.1) is 18.2 Å². The van der Waals surface area contributed by atoms with Crippen LogP contribution in [0.5, 0.6) is 5.75 Å². The summed E-state index contributed by atoms with van der Waals surface area (Å²) < 4.78 is 5.04. The number of nitrogens with zero attached hydrogens (tertiary/aromatic N) is 1. The average molecular weight is 228 g/mol. The lowest BCUT2D eigenvalue weighted by atomic mass is 10.1. The molecule has 1 aromatic rings. The second kappa shape index (κ2) is 4.89. The van der Waals surface area contributed by atoms with Gasteiger partial charge in [0.2, 0.25) is 0 Å². The molecular formula is C10H14ClN3O. The minimum atomic E-state index is -0.113. The lowest BCUT2D eigenvalue weighted by Crippen LogP contribution is -2.23. The van der Waals surface area contributed by atoms with Gasteiger partial charge in [-0.2, -0.15) is 0 Å². The van der Waals surface area contributed by atoms with Crippen LogP contribution in [-0.4, -0.2) is 13.1 Å². The van der Waals surface area contributed by atoms with Crippen molar-refractivity contribution in [3.05, 3.63) is 28.8 Å². The molecule has 1 atom stereocenters. The zero-order valence-electron chi connectivity index (χ0n) is 8.70. The van der Waals surface area contributed by atoms with Gasteiger partial charge < -0.3 is 16.2 Å². The van der Waals surface area contributed by atoms with Gasteiger partial charge in [0, 0.05) is 0 Å². The Morgan fingerprint density at radius 1 is 1.47 bits per heavy atom. The first-order valence-electron chi connectivity index (χ1n) is 4.46. The van der Waals surface area contributed by atoms with Crippen LogP contribution in [0.2, 0.25) is 5.02 Å². The molecule has 4 nitrogen and oxygen atoms in total. The molecule has 0 heterocycles. The van der Waals surface area contributed by atoms with E-state index in [4.69, 9.17) is 27.8 Å². The normalized spacial score (nSPS) is 11.9. The number of rotatable bonds is 3. The van der Waals surface area contributed by atoms with Crippen LogP contribution < -0.4 is 16.2 Å². The van der Waals surface area contributed by atoms with Crippen molar-refractivity contribution in [2.24, 2.45) is 16.5 Å². The van der Waals surface area contributed by atoms with E-state index < -0.39 is 0 Å². The van der Waals surface area contributed by atoms with Gasteiger partial charge in [0.1, 0.15) is 5.75 Å². The number of aliphatic imine (C=N–C) groups is 1. The van der Waals surface area contributed by atoms with Gasteiger partial charge in [-0.1, -0.05) is 17.7 Å². The zero-order valence-corrected chi connectivity index (χ0v) is 9.45. The second-order valence-corrected chi connectivity index (χ2v) is 3.53. The summed E-state index contributed by atoms with van der Waals surface area (Å²) in [4.78, 5) is 4.02. The van der Waals surface area contributed by atoms with Gasteiger partial charge >= 0.3 is 0 Å². The van der Waals surface area contributed by atoms with Gasteiger partial charge in [-0.3, -0.25) is 0 Å². The highest BCUT2D eigenvalue weighted by molar-refractivity contribution is 6.32. The van der Waals surface area contributed by atoms with Gasteiger partial charge in [0.25, 0.3) is 0 Å². The van der Waals surface area contributed by atoms with Crippen LogP contribution in [0, 0.1) is 0 Å². The number of nitrogens with two attached hydrogens (primary N) is 2. The van der Waals surface area contributed by atoms with Crippen LogP contribution in [0.3, 0.4) is 0 Å². The molecule has 0 unspecified atom stereocenters. The lowest BCUT2D eigenvalue weighted by molar-refractivity contribution is 0.415. The summed E-state index contributed by atoms with van der Waals surface area (Å²) in [5.41, 5.74) is 11.5. The second-order valence-electron chi connectivity index (χ2n) is 3.12. The fourth-order valence-corrected chi connectivity index (χ4v) is 1.51. The van der Waals surface area contributed by atoms with E-state index in [0.717, 1.165) is 5.56 Å². The third kappa shape index (κ3) is 3.02. The standard InChI is InChI=1S/C10H14ClN3O/c1-6(14-10(12)13)7-3-4-9(15-2)8(11)5-7/h3-6H,1-2H3,(H4,12,13,14)/t6-/m0/s1. The number of guanidine groups is 1. The topological polar surface area (TPSA) is 73.6 Å². The third-order valence-electron chi connectivity index (χ3n) is 2.00. The molecule has 1 rings (SSSR count). The molecule has 0 fully saturated rings. The van der Waals surface area contributed by atoms with E-state index in [0.29, 0.717) is 10.8 Å². The van der Waals surface area contributed by atoms with Gasteiger partial charge in [-0.25, -0.2) is 4.99 Å². The minimum absolute atomic E-state index is 0.0643. The van der Waals surface area contributed by atoms with Crippen LogP contribution in [0.4, 0.5) is 0 Å². The van der Waals surface area contributed by atoms with E-state index in [-0.39, 0.29) is 12.0 Å². The number of halogens is 1. The molecule has 0 radical (unpaired) electrons. The molecule has 82 valence electrons. The van der Waals surface area contributed by atoms with Crippen molar-refractivity contribution in [3.63, 3.8) is 0 Å². The first-order chi connectivity index (χ1) is 7.04. The monoisotopic (exact) mass is 227 g/mol. The first kappa shape index (κ1) is 11.7. The van der Waals surface area contributed by atoms with E-state index >= 15 is 0 Å². The van der Waals surface area contributed by atoms with E-state index in [1.165, 1.54) is 0 Å². The summed E-state index contributed by atoms with van der Waals surface area (Å²) in [7, 11) is 1.57. The SMILES string of the molecule is COc1ccc([C@H](C)N=C(N)N)cc1Cl. The van der Waals surface area contributed by atoms with Crippen molar-refractivity contribution in [2.75, 3.05) is 7.11 Å². The molecule has 15 heavy (non-hydrogen) atoms. The molecule has 5 heteroatoms. The van der Waals surface area contributed by atoms with Crippen LogP contribution >= 0.6 is 11.6 Å². The molecule has 0 saturated heterocycles. The van der Waals surface area contributed by atoms with Crippen LogP contribution in [-0.2, 0) is 0 Å². The molecular weight excluding hydrogens is 214 g/mol. The smallest absolute Gasteiger partial charge is 0.186 e. The summed E-state index contributed by atoms with van der Waals surface area (Å²) >= 11 is 5.97. The Balaban J connectivity index is 2.97. The highest BCUT2D eigenvalue weighted by Gasteiger charge is 2.07. The molecule has 1 aromatic carbocycles. The highest BCUT2D eigenvalue weighted by atomic mass is 35.5. The van der Waals surface area contributed by atoms with Crippen LogP contribution in [0.25, 0.3) is 0 Å². The van der Waals surface area contributed by atoms with E-state index in [1.54, 1.807) is 19.2 Å². The molecule has 0 saturated carbocycles. The molecule has 0 spiro atoms. The van der Waals surface area contributed by atoms with Gasteiger partial charge in [-0.15, -0.1) is 0 Å². The Hall–Kier alpha value is -1.42. The average Bonchev–Trinajstić information content (AvgIpc) is 2.16. The molecule has 0 aliphatic heterocycles. The quantitative estimate of drug-likeness (QED) is 0.610. The van der Waals surface area contributed by atoms with Gasteiger partial charge in [0.15, 0.2) is 5.96 Å². The fraction of sp³-hybridized carbons (Fsp3) is 0.300. The summed E-state index contributed by atoms with van der Waals surface area (Å²) in [6.45, 7) is 1.89. The molecule has 0 aliphatic rings. The number of ether oxygens (including phenoxy) is 1. The van der Waals surface area contributed by atoms with E-state index in [2.05, 4.69) is 4.99 Å².